The average molecular weight is 197 g/mol. The lowest BCUT2D eigenvalue weighted by atomic mass is 10.1. The van der Waals surface area contributed by atoms with E-state index < -0.39 is 0 Å². The fraction of sp³-hybridized carbons (Fsp3) is 0.0833. The van der Waals surface area contributed by atoms with Crippen molar-refractivity contribution in [3.05, 3.63) is 36.2 Å². The van der Waals surface area contributed by atoms with E-state index >= 15 is 0 Å². The molecule has 0 bridgehead atoms. The van der Waals surface area contributed by atoms with Gasteiger partial charge in [-0.3, -0.25) is 4.98 Å². The van der Waals surface area contributed by atoms with E-state index in [1.54, 1.807) is 6.20 Å². The van der Waals surface area contributed by atoms with E-state index in [9.17, 15) is 0 Å². The molecule has 0 spiro atoms. The van der Waals surface area contributed by atoms with E-state index in [0.29, 0.717) is 0 Å². The summed E-state index contributed by atoms with van der Waals surface area (Å²) >= 11 is 0. The van der Waals surface area contributed by atoms with Crippen molar-refractivity contribution in [3.63, 3.8) is 0 Å². The third-order valence-corrected chi connectivity index (χ3v) is 2.88. The number of rotatable bonds is 0. The van der Waals surface area contributed by atoms with Crippen LogP contribution in [-0.2, 0) is 0 Å². The van der Waals surface area contributed by atoms with E-state index in [0.717, 1.165) is 27.7 Å². The molecule has 1 aromatic carbocycles. The minimum absolute atomic E-state index is 0.821. The normalized spacial score (nSPS) is 11.3. The van der Waals surface area contributed by atoms with Gasteiger partial charge in [-0.05, 0) is 24.6 Å². The maximum atomic E-state index is 5.87. The molecule has 0 amide bonds. The van der Waals surface area contributed by atoms with Gasteiger partial charge in [-0.1, -0.05) is 6.07 Å². The molecule has 0 aliphatic rings. The molecular weight excluding hydrogens is 186 g/mol. The van der Waals surface area contributed by atoms with Crippen LogP contribution in [0.15, 0.2) is 30.6 Å². The number of aromatic nitrogens is 2. The second-order valence-electron chi connectivity index (χ2n) is 3.75. The molecule has 0 saturated heterocycles. The second kappa shape index (κ2) is 2.73. The second-order valence-corrected chi connectivity index (χ2v) is 3.75. The number of fused-ring (bicyclic) bond motifs is 3. The molecule has 0 aliphatic carbocycles. The molecule has 0 atom stereocenters. The first kappa shape index (κ1) is 8.29. The van der Waals surface area contributed by atoms with Crippen LogP contribution in [0, 0.1) is 6.92 Å². The summed E-state index contributed by atoms with van der Waals surface area (Å²) in [6.45, 7) is 2.03. The van der Waals surface area contributed by atoms with Crippen molar-refractivity contribution in [2.75, 3.05) is 5.73 Å². The summed E-state index contributed by atoms with van der Waals surface area (Å²) in [4.78, 5) is 7.50. The van der Waals surface area contributed by atoms with Gasteiger partial charge in [-0.15, -0.1) is 0 Å². The third kappa shape index (κ3) is 1.03. The van der Waals surface area contributed by atoms with E-state index in [-0.39, 0.29) is 0 Å². The van der Waals surface area contributed by atoms with E-state index in [1.165, 1.54) is 5.39 Å². The SMILES string of the molecule is Cc1c(N)ccc2c1[nH]c1ccncc12. The molecule has 0 aliphatic heterocycles. The highest BCUT2D eigenvalue weighted by Gasteiger charge is 2.07. The molecule has 3 heteroatoms. The van der Waals surface area contributed by atoms with Crippen LogP contribution in [0.3, 0.4) is 0 Å². The van der Waals surface area contributed by atoms with Crippen LogP contribution >= 0.6 is 0 Å². The molecule has 74 valence electrons. The largest absolute Gasteiger partial charge is 0.398 e. The number of anilines is 1. The summed E-state index contributed by atoms with van der Waals surface area (Å²) in [5.41, 5.74) is 10.0. The number of nitrogen functional groups attached to an aromatic ring is 1. The van der Waals surface area contributed by atoms with Gasteiger partial charge in [0.2, 0.25) is 0 Å². The first-order chi connectivity index (χ1) is 7.27. The van der Waals surface area contributed by atoms with Crippen LogP contribution in [0.4, 0.5) is 5.69 Å². The molecule has 3 N–H and O–H groups in total. The summed E-state index contributed by atoms with van der Waals surface area (Å²) in [6, 6.07) is 5.96. The van der Waals surface area contributed by atoms with Crippen LogP contribution in [0.1, 0.15) is 5.56 Å². The van der Waals surface area contributed by atoms with Gasteiger partial charge in [-0.25, -0.2) is 0 Å². The summed E-state index contributed by atoms with van der Waals surface area (Å²) in [6.07, 6.45) is 3.67. The molecule has 0 unspecified atom stereocenters. The van der Waals surface area contributed by atoms with E-state index in [1.807, 2.05) is 31.3 Å². The van der Waals surface area contributed by atoms with Gasteiger partial charge < -0.3 is 10.7 Å². The Kier molecular flexibility index (Phi) is 1.51. The Hall–Kier alpha value is -2.03. The Balaban J connectivity index is 2.60. The van der Waals surface area contributed by atoms with Gasteiger partial charge in [-0.2, -0.15) is 0 Å². The fourth-order valence-corrected chi connectivity index (χ4v) is 1.97. The van der Waals surface area contributed by atoms with Crippen LogP contribution in [0.25, 0.3) is 21.8 Å². The predicted molar refractivity (Wildman–Crippen MR) is 62.7 cm³/mol. The van der Waals surface area contributed by atoms with Crippen LogP contribution in [0.2, 0.25) is 0 Å². The minimum atomic E-state index is 0.821. The number of benzene rings is 1. The maximum absolute atomic E-state index is 5.87. The number of nitrogens with one attached hydrogen (secondary N) is 1. The lowest BCUT2D eigenvalue weighted by Gasteiger charge is -2.00. The summed E-state index contributed by atoms with van der Waals surface area (Å²) in [7, 11) is 0. The molecule has 2 heterocycles. The Labute approximate surface area is 86.9 Å². The smallest absolute Gasteiger partial charge is 0.0515 e. The lowest BCUT2D eigenvalue weighted by molar-refractivity contribution is 1.36. The van der Waals surface area contributed by atoms with Gasteiger partial charge >= 0.3 is 0 Å². The number of aromatic amines is 1. The highest BCUT2D eigenvalue weighted by molar-refractivity contribution is 6.08. The zero-order valence-corrected chi connectivity index (χ0v) is 8.41. The Bertz CT molecular complexity index is 652. The van der Waals surface area contributed by atoms with Crippen molar-refractivity contribution < 1.29 is 0 Å². The first-order valence-electron chi connectivity index (χ1n) is 4.88. The summed E-state index contributed by atoms with van der Waals surface area (Å²) in [5, 5.41) is 2.33. The van der Waals surface area contributed by atoms with Crippen molar-refractivity contribution in [3.8, 4) is 0 Å². The van der Waals surface area contributed by atoms with Gasteiger partial charge in [0.1, 0.15) is 0 Å². The number of aryl methyl sites for hydroxylation is 1. The lowest BCUT2D eigenvalue weighted by Crippen LogP contribution is -1.89. The molecule has 0 fully saturated rings. The maximum Gasteiger partial charge on any atom is 0.0515 e. The minimum Gasteiger partial charge on any atom is -0.398 e. The van der Waals surface area contributed by atoms with Gasteiger partial charge in [0, 0.05) is 34.4 Å². The van der Waals surface area contributed by atoms with Crippen molar-refractivity contribution in [2.24, 2.45) is 0 Å². The highest BCUT2D eigenvalue weighted by atomic mass is 14.7. The zero-order valence-electron chi connectivity index (χ0n) is 8.41. The third-order valence-electron chi connectivity index (χ3n) is 2.88. The Morgan fingerprint density at radius 3 is 2.93 bits per heavy atom. The van der Waals surface area contributed by atoms with Crippen LogP contribution in [0.5, 0.6) is 0 Å². The summed E-state index contributed by atoms with van der Waals surface area (Å²) < 4.78 is 0. The van der Waals surface area contributed by atoms with Gasteiger partial charge in [0.05, 0.1) is 5.52 Å². The number of pyridine rings is 1. The van der Waals surface area contributed by atoms with Gasteiger partial charge in [0.15, 0.2) is 0 Å². The van der Waals surface area contributed by atoms with Gasteiger partial charge in [0.25, 0.3) is 0 Å². The molecule has 2 aromatic heterocycles. The molecular formula is C12H11N3. The Morgan fingerprint density at radius 2 is 2.07 bits per heavy atom. The number of nitrogens with zero attached hydrogens (tertiary/aromatic N) is 1. The monoisotopic (exact) mass is 197 g/mol. The topological polar surface area (TPSA) is 54.7 Å². The van der Waals surface area contributed by atoms with Crippen molar-refractivity contribution in [1.29, 1.82) is 0 Å². The summed E-state index contributed by atoms with van der Waals surface area (Å²) in [5.74, 6) is 0. The number of H-pyrrole nitrogens is 1. The fourth-order valence-electron chi connectivity index (χ4n) is 1.97. The van der Waals surface area contributed by atoms with E-state index in [2.05, 4.69) is 9.97 Å². The van der Waals surface area contributed by atoms with Crippen molar-refractivity contribution in [2.45, 2.75) is 6.92 Å². The number of hydrogen-bond acceptors (Lipinski definition) is 2. The number of hydrogen-bond donors (Lipinski definition) is 2. The highest BCUT2D eigenvalue weighted by Crippen LogP contribution is 2.29. The quantitative estimate of drug-likeness (QED) is 0.544. The molecule has 0 saturated carbocycles. The molecule has 3 aromatic rings. The van der Waals surface area contributed by atoms with Crippen molar-refractivity contribution in [1.82, 2.24) is 9.97 Å². The predicted octanol–water partition coefficient (Wildman–Crippen LogP) is 2.61. The average Bonchev–Trinajstić information content (AvgIpc) is 2.63. The zero-order chi connectivity index (χ0) is 10.4. The standard InChI is InChI=1S/C12H11N3/c1-7-10(13)3-2-8-9-6-14-5-4-11(9)15-12(7)8/h2-6,15H,13H2,1H3. The molecule has 0 radical (unpaired) electrons. The molecule has 3 rings (SSSR count). The van der Waals surface area contributed by atoms with Crippen molar-refractivity contribution >= 4 is 27.5 Å². The van der Waals surface area contributed by atoms with Crippen LogP contribution in [-0.4, -0.2) is 9.97 Å². The molecule has 3 nitrogen and oxygen atoms in total. The first-order valence-corrected chi connectivity index (χ1v) is 4.88. The number of nitrogens with two attached hydrogens (primary N) is 1. The van der Waals surface area contributed by atoms with Crippen LogP contribution < -0.4 is 5.73 Å². The molecule has 15 heavy (non-hydrogen) atoms. The Morgan fingerprint density at radius 1 is 1.20 bits per heavy atom. The van der Waals surface area contributed by atoms with E-state index in [4.69, 9.17) is 5.73 Å².